The standard InChI is InChI=1S/C52H66N4O4.2BrH/c1-9-23-57-49-39-15-13-16-40(49)28-44-32-48(56-22-20-54(36-56)38(7)8)34-46(52(44)60-26-12-4)30-42-18-14-17-41(50(42)58-24-10-2)29-45-33-47(55-21-19-53(35-55)37(5)6)31-43(27-39)51(45)59-25-11-3;;/h13-22,31-38H,9-12,23-30H2,1-8H3;2*1H/q+2;;/p-2. The largest absolute Gasteiger partial charge is 1.00 e. The van der Waals surface area contributed by atoms with E-state index in [-0.39, 0.29) is 34.0 Å². The summed E-state index contributed by atoms with van der Waals surface area (Å²) in [4.78, 5) is 0. The molecule has 4 aromatic carbocycles. The molecule has 1 aliphatic rings. The van der Waals surface area contributed by atoms with Crippen molar-refractivity contribution in [2.75, 3.05) is 26.4 Å². The van der Waals surface area contributed by atoms with Crippen LogP contribution >= 0.6 is 0 Å². The number of aromatic nitrogens is 4. The van der Waals surface area contributed by atoms with Crippen molar-refractivity contribution >= 4 is 0 Å². The third kappa shape index (κ3) is 11.1. The Labute approximate surface area is 391 Å². The predicted molar refractivity (Wildman–Crippen MR) is 240 cm³/mol. The van der Waals surface area contributed by atoms with Gasteiger partial charge in [-0.3, -0.25) is 0 Å². The average molecular weight is 971 g/mol. The number of halogens is 2. The van der Waals surface area contributed by atoms with E-state index in [2.05, 4.69) is 172 Å². The number of para-hydroxylation sites is 2. The molecule has 0 atom stereocenters. The molecule has 0 unspecified atom stereocenters. The van der Waals surface area contributed by atoms with Gasteiger partial charge in [0.25, 0.3) is 0 Å². The molecule has 2 aromatic heterocycles. The minimum atomic E-state index is 0. The number of rotatable bonds is 16. The monoisotopic (exact) mass is 968 g/mol. The fourth-order valence-electron chi connectivity index (χ4n) is 8.16. The highest BCUT2D eigenvalue weighted by atomic mass is 79.9. The van der Waals surface area contributed by atoms with E-state index in [4.69, 9.17) is 18.9 Å². The third-order valence-electron chi connectivity index (χ3n) is 11.2. The Morgan fingerprint density at radius 3 is 0.968 bits per heavy atom. The molecule has 8 bridgehead atoms. The summed E-state index contributed by atoms with van der Waals surface area (Å²) in [6.07, 6.45) is 19.3. The molecule has 0 fully saturated rings. The molecular weight excluding hydrogens is 904 g/mol. The molecule has 6 aromatic rings. The maximum atomic E-state index is 6.83. The average Bonchev–Trinajstić information content (AvgIpc) is 3.94. The number of nitrogens with zero attached hydrogens (tertiary/aromatic N) is 4. The van der Waals surface area contributed by atoms with Gasteiger partial charge >= 0.3 is 0 Å². The van der Waals surface area contributed by atoms with Crippen molar-refractivity contribution in [1.29, 1.82) is 0 Å². The fraction of sp³-hybridized carbons (Fsp3) is 0.423. The van der Waals surface area contributed by atoms with Gasteiger partial charge in [0.15, 0.2) is 0 Å². The van der Waals surface area contributed by atoms with Crippen molar-refractivity contribution in [2.24, 2.45) is 0 Å². The fourth-order valence-corrected chi connectivity index (χ4v) is 8.16. The van der Waals surface area contributed by atoms with E-state index in [0.29, 0.717) is 64.2 Å². The number of imidazole rings is 2. The molecule has 0 amide bonds. The Hall–Kier alpha value is -4.54. The first-order chi connectivity index (χ1) is 29.2. The summed E-state index contributed by atoms with van der Waals surface area (Å²) in [6.45, 7) is 20.1. The van der Waals surface area contributed by atoms with Crippen molar-refractivity contribution < 1.29 is 62.0 Å². The van der Waals surface area contributed by atoms with E-state index in [9.17, 15) is 0 Å². The minimum absolute atomic E-state index is 0. The second kappa shape index (κ2) is 22.7. The summed E-state index contributed by atoms with van der Waals surface area (Å²) in [5, 5.41) is 0. The zero-order chi connectivity index (χ0) is 42.2. The molecule has 0 radical (unpaired) electrons. The summed E-state index contributed by atoms with van der Waals surface area (Å²) >= 11 is 0. The van der Waals surface area contributed by atoms with E-state index in [1.165, 1.54) is 0 Å². The van der Waals surface area contributed by atoms with E-state index in [0.717, 1.165) is 105 Å². The van der Waals surface area contributed by atoms with Gasteiger partial charge < -0.3 is 52.9 Å². The molecule has 2 heterocycles. The summed E-state index contributed by atoms with van der Waals surface area (Å²) in [5.41, 5.74) is 11.3. The van der Waals surface area contributed by atoms with Gasteiger partial charge in [-0.15, -0.1) is 0 Å². The number of fused-ring (bicyclic) bond motifs is 8. The molecule has 0 N–H and O–H groups in total. The van der Waals surface area contributed by atoms with Crippen LogP contribution in [0.3, 0.4) is 0 Å². The van der Waals surface area contributed by atoms with Crippen LogP contribution in [0.2, 0.25) is 0 Å². The van der Waals surface area contributed by atoms with Crippen LogP contribution < -0.4 is 62.0 Å². The second-order valence-corrected chi connectivity index (χ2v) is 16.8. The lowest BCUT2D eigenvalue weighted by atomic mass is 9.90. The van der Waals surface area contributed by atoms with Crippen LogP contribution in [-0.2, 0) is 25.7 Å². The number of hydrogen-bond donors (Lipinski definition) is 0. The van der Waals surface area contributed by atoms with Gasteiger partial charge in [0.05, 0.1) is 38.5 Å². The maximum absolute atomic E-state index is 6.83. The lowest BCUT2D eigenvalue weighted by molar-refractivity contribution is -0.715. The smallest absolute Gasteiger partial charge is 0.249 e. The van der Waals surface area contributed by atoms with Crippen molar-refractivity contribution in [3.05, 3.63) is 143 Å². The predicted octanol–water partition coefficient (Wildman–Crippen LogP) is 4.84. The van der Waals surface area contributed by atoms with Crippen LogP contribution in [0, 0.1) is 0 Å². The first-order valence-corrected chi connectivity index (χ1v) is 22.4. The Kier molecular flexibility index (Phi) is 17.8. The second-order valence-electron chi connectivity index (χ2n) is 16.8. The van der Waals surface area contributed by atoms with E-state index >= 15 is 0 Å². The van der Waals surface area contributed by atoms with Crippen LogP contribution in [0.1, 0.15) is 138 Å². The molecule has 0 saturated heterocycles. The summed E-state index contributed by atoms with van der Waals surface area (Å²) < 4.78 is 36.2. The van der Waals surface area contributed by atoms with Gasteiger partial charge in [0, 0.05) is 47.9 Å². The zero-order valence-corrected chi connectivity index (χ0v) is 41.2. The van der Waals surface area contributed by atoms with Gasteiger partial charge in [0.2, 0.25) is 12.7 Å². The molecule has 10 heteroatoms. The first kappa shape index (κ1) is 48.5. The van der Waals surface area contributed by atoms with Crippen molar-refractivity contribution in [3.63, 3.8) is 0 Å². The lowest BCUT2D eigenvalue weighted by Gasteiger charge is -2.23. The Morgan fingerprint density at radius 2 is 0.726 bits per heavy atom. The van der Waals surface area contributed by atoms with Crippen molar-refractivity contribution in [3.8, 4) is 34.4 Å². The molecule has 0 saturated carbocycles. The highest BCUT2D eigenvalue weighted by Gasteiger charge is 2.25. The van der Waals surface area contributed by atoms with Gasteiger partial charge in [-0.05, 0) is 99.9 Å². The lowest BCUT2D eigenvalue weighted by Crippen LogP contribution is -3.00. The SMILES string of the molecule is CCCOc1c2cccc1Cc1cc(-n3cc[n+](C(C)C)c3)cc(c1OCCC)Cc1cccc(c1OCCC)Cc1cc(-n3cc[n+](C(C)C)c3)cc(c1OCCC)C2.[Br-].[Br-]. The van der Waals surface area contributed by atoms with Gasteiger partial charge in [-0.25, -0.2) is 18.3 Å². The van der Waals surface area contributed by atoms with Crippen LogP contribution in [0.5, 0.6) is 23.0 Å². The molecule has 1 aliphatic carbocycles. The Bertz CT molecular complexity index is 2130. The van der Waals surface area contributed by atoms with E-state index in [1.54, 1.807) is 0 Å². The number of benzene rings is 4. The summed E-state index contributed by atoms with van der Waals surface area (Å²) in [6, 6.07) is 23.3. The minimum Gasteiger partial charge on any atom is -1.00 e. The van der Waals surface area contributed by atoms with Gasteiger partial charge in [0.1, 0.15) is 59.2 Å². The van der Waals surface area contributed by atoms with Crippen LogP contribution in [0.25, 0.3) is 11.4 Å². The first-order valence-electron chi connectivity index (χ1n) is 22.4. The summed E-state index contributed by atoms with van der Waals surface area (Å²) in [7, 11) is 0. The topological polar surface area (TPSA) is 54.5 Å². The van der Waals surface area contributed by atoms with Crippen molar-refractivity contribution in [2.45, 2.75) is 119 Å². The van der Waals surface area contributed by atoms with Crippen LogP contribution in [-0.4, -0.2) is 35.6 Å². The molecule has 8 nitrogen and oxygen atoms in total. The van der Waals surface area contributed by atoms with E-state index in [1.807, 2.05) is 0 Å². The number of ether oxygens (including phenoxy) is 4. The van der Waals surface area contributed by atoms with Crippen molar-refractivity contribution in [1.82, 2.24) is 9.13 Å². The highest BCUT2D eigenvalue weighted by molar-refractivity contribution is 5.60. The third-order valence-corrected chi connectivity index (χ3v) is 11.2. The van der Waals surface area contributed by atoms with E-state index < -0.39 is 0 Å². The maximum Gasteiger partial charge on any atom is 0.249 e. The quantitative estimate of drug-likeness (QED) is 0.130. The van der Waals surface area contributed by atoms with Crippen LogP contribution in [0.15, 0.2) is 98.1 Å². The molecular formula is C52H66Br2N4O4. The van der Waals surface area contributed by atoms with Gasteiger partial charge in [-0.1, -0.05) is 64.1 Å². The highest BCUT2D eigenvalue weighted by Crippen LogP contribution is 2.41. The van der Waals surface area contributed by atoms with Gasteiger partial charge in [-0.2, -0.15) is 0 Å². The molecule has 332 valence electrons. The molecule has 0 aliphatic heterocycles. The Morgan fingerprint density at radius 1 is 0.452 bits per heavy atom. The number of hydrogen-bond acceptors (Lipinski definition) is 4. The molecule has 7 rings (SSSR count). The summed E-state index contributed by atoms with van der Waals surface area (Å²) in [5.74, 6) is 3.80. The zero-order valence-electron chi connectivity index (χ0n) is 38.1. The molecule has 0 spiro atoms. The normalized spacial score (nSPS) is 12.2. The Balaban J connectivity index is 0.00000363. The van der Waals surface area contributed by atoms with Crippen LogP contribution in [0.4, 0.5) is 0 Å². The molecule has 62 heavy (non-hydrogen) atoms.